The van der Waals surface area contributed by atoms with Crippen molar-refractivity contribution in [2.75, 3.05) is 22.4 Å². The number of aliphatic imine (C=N–C) groups is 1. The molecule has 1 N–H and O–H groups in total. The average molecular weight is 429 g/mol. The molecule has 0 saturated carbocycles. The van der Waals surface area contributed by atoms with Crippen molar-refractivity contribution < 1.29 is 8.42 Å². The first kappa shape index (κ1) is 20.0. The number of thioether (sulfide) groups is 1. The lowest BCUT2D eigenvalue weighted by Gasteiger charge is -2.19. The van der Waals surface area contributed by atoms with E-state index in [0.717, 1.165) is 39.8 Å². The minimum atomic E-state index is -3.22. The van der Waals surface area contributed by atoms with Gasteiger partial charge in [-0.3, -0.25) is 9.73 Å². The maximum atomic E-state index is 12.3. The van der Waals surface area contributed by atoms with Crippen molar-refractivity contribution in [2.24, 2.45) is 10.1 Å². The first-order chi connectivity index (χ1) is 13.9. The number of nitrogens with one attached hydrogen (secondary N) is 1. The quantitative estimate of drug-likeness (QED) is 0.805. The van der Waals surface area contributed by atoms with Gasteiger partial charge in [0.2, 0.25) is 10.0 Å². The summed E-state index contributed by atoms with van der Waals surface area (Å²) in [5, 5.41) is 5.30. The number of fused-ring (bicyclic) bond motifs is 1. The van der Waals surface area contributed by atoms with Crippen LogP contribution in [0.3, 0.4) is 0 Å². The summed E-state index contributed by atoms with van der Waals surface area (Å²) in [7, 11) is -3.22. The molecule has 0 fully saturated rings. The van der Waals surface area contributed by atoms with Gasteiger partial charge in [-0.2, -0.15) is 5.10 Å². The SMILES string of the molecule is CCS(=O)(=O)N1CCc2cc(C3=NNC(=Nc4cccc(C)c4C)SC3)ccc21. The first-order valence-electron chi connectivity index (χ1n) is 9.63. The van der Waals surface area contributed by atoms with Gasteiger partial charge in [0, 0.05) is 12.3 Å². The zero-order valence-corrected chi connectivity index (χ0v) is 18.4. The van der Waals surface area contributed by atoms with Gasteiger partial charge in [-0.1, -0.05) is 30.0 Å². The van der Waals surface area contributed by atoms with Crippen molar-refractivity contribution >= 4 is 44.0 Å². The third-order valence-corrected chi connectivity index (χ3v) is 8.05. The van der Waals surface area contributed by atoms with Crippen molar-refractivity contribution in [3.8, 4) is 0 Å². The van der Waals surface area contributed by atoms with Gasteiger partial charge in [-0.25, -0.2) is 13.4 Å². The largest absolute Gasteiger partial charge is 0.270 e. The number of benzene rings is 2. The van der Waals surface area contributed by atoms with Gasteiger partial charge in [-0.15, -0.1) is 0 Å². The van der Waals surface area contributed by atoms with Crippen LogP contribution in [-0.4, -0.2) is 37.3 Å². The molecule has 2 heterocycles. The summed E-state index contributed by atoms with van der Waals surface area (Å²) in [4.78, 5) is 4.70. The second-order valence-electron chi connectivity index (χ2n) is 7.16. The van der Waals surface area contributed by atoms with E-state index < -0.39 is 10.0 Å². The second kappa shape index (κ2) is 7.84. The van der Waals surface area contributed by atoms with Gasteiger partial charge in [0.05, 0.1) is 22.8 Å². The number of aryl methyl sites for hydroxylation is 1. The van der Waals surface area contributed by atoms with Crippen LogP contribution >= 0.6 is 11.8 Å². The van der Waals surface area contributed by atoms with Crippen LogP contribution in [0, 0.1) is 13.8 Å². The van der Waals surface area contributed by atoms with Gasteiger partial charge < -0.3 is 0 Å². The monoisotopic (exact) mass is 428 g/mol. The number of nitrogens with zero attached hydrogens (tertiary/aromatic N) is 3. The van der Waals surface area contributed by atoms with Crippen LogP contribution in [0.5, 0.6) is 0 Å². The summed E-state index contributed by atoms with van der Waals surface area (Å²) in [6.07, 6.45) is 0.732. The Morgan fingerprint density at radius 1 is 1.24 bits per heavy atom. The lowest BCUT2D eigenvalue weighted by atomic mass is 10.1. The Balaban J connectivity index is 1.54. The van der Waals surface area contributed by atoms with Crippen molar-refractivity contribution in [3.63, 3.8) is 0 Å². The molecule has 0 radical (unpaired) electrons. The molecular weight excluding hydrogens is 404 g/mol. The fourth-order valence-corrected chi connectivity index (χ4v) is 5.42. The Hall–Kier alpha value is -2.32. The Bertz CT molecular complexity index is 1120. The number of hydrogen-bond donors (Lipinski definition) is 1. The van der Waals surface area contributed by atoms with Gasteiger partial charge in [0.25, 0.3) is 0 Å². The summed E-state index contributed by atoms with van der Waals surface area (Å²) in [5.74, 6) is 0.830. The zero-order valence-electron chi connectivity index (χ0n) is 16.8. The summed E-state index contributed by atoms with van der Waals surface area (Å²) in [6, 6.07) is 12.0. The molecule has 2 aromatic rings. The molecule has 4 rings (SSSR count). The molecule has 6 nitrogen and oxygen atoms in total. The number of rotatable bonds is 4. The third-order valence-electron chi connectivity index (χ3n) is 5.40. The molecule has 0 amide bonds. The average Bonchev–Trinajstić information content (AvgIpc) is 3.16. The molecule has 0 bridgehead atoms. The lowest BCUT2D eigenvalue weighted by Crippen LogP contribution is -2.30. The van der Waals surface area contributed by atoms with E-state index in [4.69, 9.17) is 4.99 Å². The van der Waals surface area contributed by atoms with Crippen LogP contribution < -0.4 is 9.73 Å². The topological polar surface area (TPSA) is 74.1 Å². The van der Waals surface area contributed by atoms with Crippen molar-refractivity contribution in [1.29, 1.82) is 0 Å². The molecule has 0 atom stereocenters. The van der Waals surface area contributed by atoms with E-state index in [1.165, 1.54) is 15.4 Å². The highest BCUT2D eigenvalue weighted by molar-refractivity contribution is 8.14. The summed E-state index contributed by atoms with van der Waals surface area (Å²) in [5.41, 5.74) is 10.2. The Kier molecular flexibility index (Phi) is 5.40. The maximum Gasteiger partial charge on any atom is 0.234 e. The standard InChI is InChI=1S/C21H24N4O2S2/c1-4-29(26,27)25-11-10-17-12-16(8-9-20(17)25)19-13-28-21(24-23-19)22-18-7-5-6-14(2)15(18)3/h5-9,12H,4,10-11,13H2,1-3H3,(H,22,24). The number of amidine groups is 1. The fourth-order valence-electron chi connectivity index (χ4n) is 3.48. The Morgan fingerprint density at radius 3 is 2.79 bits per heavy atom. The van der Waals surface area contributed by atoms with Gasteiger partial charge in [0.15, 0.2) is 5.17 Å². The van der Waals surface area contributed by atoms with E-state index in [0.29, 0.717) is 12.3 Å². The van der Waals surface area contributed by atoms with E-state index in [-0.39, 0.29) is 5.75 Å². The minimum absolute atomic E-state index is 0.115. The molecule has 2 aliphatic rings. The van der Waals surface area contributed by atoms with Crippen molar-refractivity contribution in [1.82, 2.24) is 5.43 Å². The van der Waals surface area contributed by atoms with Crippen LogP contribution in [0.2, 0.25) is 0 Å². The van der Waals surface area contributed by atoms with E-state index in [1.807, 2.05) is 24.3 Å². The highest BCUT2D eigenvalue weighted by Crippen LogP contribution is 2.32. The summed E-state index contributed by atoms with van der Waals surface area (Å²) in [6.45, 7) is 6.35. The van der Waals surface area contributed by atoms with Crippen LogP contribution in [0.15, 0.2) is 46.5 Å². The third kappa shape index (κ3) is 3.91. The predicted molar refractivity (Wildman–Crippen MR) is 122 cm³/mol. The predicted octanol–water partition coefficient (Wildman–Crippen LogP) is 3.74. The molecule has 152 valence electrons. The van der Waals surface area contributed by atoms with Crippen molar-refractivity contribution in [2.45, 2.75) is 27.2 Å². The summed E-state index contributed by atoms with van der Waals surface area (Å²) < 4.78 is 26.0. The Labute approximate surface area is 176 Å². The van der Waals surface area contributed by atoms with Crippen LogP contribution in [-0.2, 0) is 16.4 Å². The molecule has 29 heavy (non-hydrogen) atoms. The molecule has 0 aliphatic carbocycles. The maximum absolute atomic E-state index is 12.3. The molecule has 0 aromatic heterocycles. The van der Waals surface area contributed by atoms with E-state index >= 15 is 0 Å². The number of hydrazone groups is 1. The van der Waals surface area contributed by atoms with E-state index in [9.17, 15) is 8.42 Å². The molecule has 0 spiro atoms. The highest BCUT2D eigenvalue weighted by atomic mass is 32.2. The molecule has 2 aromatic carbocycles. The number of hydrogen-bond acceptors (Lipinski definition) is 5. The van der Waals surface area contributed by atoms with Gasteiger partial charge in [-0.05, 0) is 67.6 Å². The fraction of sp³-hybridized carbons (Fsp3) is 0.333. The highest BCUT2D eigenvalue weighted by Gasteiger charge is 2.28. The van der Waals surface area contributed by atoms with E-state index in [2.05, 4.69) is 36.5 Å². The smallest absolute Gasteiger partial charge is 0.234 e. The molecule has 8 heteroatoms. The van der Waals surface area contributed by atoms with Gasteiger partial charge in [0.1, 0.15) is 0 Å². The zero-order chi connectivity index (χ0) is 20.6. The molecule has 2 aliphatic heterocycles. The first-order valence-corrected chi connectivity index (χ1v) is 12.2. The molecule has 0 saturated heterocycles. The van der Waals surface area contributed by atoms with Crippen molar-refractivity contribution in [3.05, 3.63) is 58.7 Å². The minimum Gasteiger partial charge on any atom is -0.270 e. The Morgan fingerprint density at radius 2 is 2.07 bits per heavy atom. The lowest BCUT2D eigenvalue weighted by molar-refractivity contribution is 0.593. The normalized spacial score (nSPS) is 17.8. The van der Waals surface area contributed by atoms with Crippen LogP contribution in [0.25, 0.3) is 0 Å². The van der Waals surface area contributed by atoms with Crippen LogP contribution in [0.4, 0.5) is 11.4 Å². The van der Waals surface area contributed by atoms with Crippen LogP contribution in [0.1, 0.15) is 29.2 Å². The van der Waals surface area contributed by atoms with Gasteiger partial charge >= 0.3 is 0 Å². The second-order valence-corrected chi connectivity index (χ2v) is 10.3. The molecular formula is C21H24N4O2S2. The molecule has 0 unspecified atom stereocenters. The number of sulfonamides is 1. The van der Waals surface area contributed by atoms with E-state index in [1.54, 1.807) is 18.7 Å². The number of anilines is 1. The summed E-state index contributed by atoms with van der Waals surface area (Å²) >= 11 is 1.62.